The van der Waals surface area contributed by atoms with Gasteiger partial charge in [0.25, 0.3) is 0 Å². The first-order valence-corrected chi connectivity index (χ1v) is 5.13. The summed E-state index contributed by atoms with van der Waals surface area (Å²) in [7, 11) is 0. The third-order valence-electron chi connectivity index (χ3n) is 3.19. The third-order valence-corrected chi connectivity index (χ3v) is 3.19. The van der Waals surface area contributed by atoms with Crippen LogP contribution >= 0.6 is 0 Å². The van der Waals surface area contributed by atoms with Gasteiger partial charge in [-0.25, -0.2) is 0 Å². The minimum atomic E-state index is 0.557. The summed E-state index contributed by atoms with van der Waals surface area (Å²) < 4.78 is 5.74. The topological polar surface area (TPSA) is 12.5 Å². The molecule has 0 aliphatic carbocycles. The van der Waals surface area contributed by atoms with E-state index < -0.39 is 0 Å². The highest BCUT2D eigenvalue weighted by Gasteiger charge is 2.35. The zero-order valence-electron chi connectivity index (χ0n) is 8.12. The zero-order chi connectivity index (χ0) is 8.55. The minimum absolute atomic E-state index is 0.557. The van der Waals surface area contributed by atoms with E-state index in [1.165, 1.54) is 25.9 Å². The van der Waals surface area contributed by atoms with Gasteiger partial charge in [0, 0.05) is 25.7 Å². The zero-order valence-corrected chi connectivity index (χ0v) is 8.12. The fourth-order valence-corrected chi connectivity index (χ4v) is 2.34. The molecule has 2 atom stereocenters. The molecular formula is C10H19NO. The van der Waals surface area contributed by atoms with Crippen molar-refractivity contribution in [3.8, 4) is 0 Å². The van der Waals surface area contributed by atoms with Gasteiger partial charge in [-0.15, -0.1) is 0 Å². The van der Waals surface area contributed by atoms with Gasteiger partial charge in [-0.1, -0.05) is 0 Å². The van der Waals surface area contributed by atoms with Crippen molar-refractivity contribution < 1.29 is 4.74 Å². The average molecular weight is 169 g/mol. The highest BCUT2D eigenvalue weighted by atomic mass is 16.5. The lowest BCUT2D eigenvalue weighted by molar-refractivity contribution is -0.00157. The van der Waals surface area contributed by atoms with Crippen LogP contribution < -0.4 is 0 Å². The molecule has 2 aliphatic rings. The van der Waals surface area contributed by atoms with Crippen molar-refractivity contribution in [2.24, 2.45) is 5.92 Å². The van der Waals surface area contributed by atoms with Gasteiger partial charge in [-0.05, 0) is 32.6 Å². The molecule has 0 radical (unpaired) electrons. The molecule has 2 saturated heterocycles. The number of fused-ring (bicyclic) bond motifs is 1. The van der Waals surface area contributed by atoms with Crippen molar-refractivity contribution in [3.63, 3.8) is 0 Å². The fourth-order valence-electron chi connectivity index (χ4n) is 2.34. The Balaban J connectivity index is 1.94. The van der Waals surface area contributed by atoms with E-state index in [4.69, 9.17) is 4.74 Å². The van der Waals surface area contributed by atoms with Gasteiger partial charge in [0.1, 0.15) is 0 Å². The maximum absolute atomic E-state index is 5.74. The molecule has 0 bridgehead atoms. The Bertz CT molecular complexity index is 144. The predicted octanol–water partition coefficient (Wildman–Crippen LogP) is 1.51. The van der Waals surface area contributed by atoms with Crippen molar-refractivity contribution in [1.82, 2.24) is 4.90 Å². The van der Waals surface area contributed by atoms with E-state index >= 15 is 0 Å². The van der Waals surface area contributed by atoms with E-state index in [1.807, 2.05) is 0 Å². The third kappa shape index (κ3) is 1.50. The molecule has 0 spiro atoms. The standard InChI is InChI=1S/C10H19NO/c1-8(2)11-6-9-4-3-5-12-10(9)7-11/h8-10H,3-7H2,1-2H3/t9-,10-/m0/s1. The van der Waals surface area contributed by atoms with E-state index in [9.17, 15) is 0 Å². The maximum Gasteiger partial charge on any atom is 0.0742 e. The molecule has 0 N–H and O–H groups in total. The van der Waals surface area contributed by atoms with Crippen LogP contribution in [0.5, 0.6) is 0 Å². The number of likely N-dealkylation sites (tertiary alicyclic amines) is 1. The van der Waals surface area contributed by atoms with E-state index in [0.717, 1.165) is 12.5 Å². The SMILES string of the molecule is CC(C)N1C[C@@H]2CCCO[C@H]2C1. The molecule has 0 aromatic rings. The van der Waals surface area contributed by atoms with Gasteiger partial charge in [0.2, 0.25) is 0 Å². The lowest BCUT2D eigenvalue weighted by Crippen LogP contribution is -2.30. The molecule has 2 heteroatoms. The molecule has 2 aliphatic heterocycles. The molecule has 0 unspecified atom stereocenters. The van der Waals surface area contributed by atoms with Crippen LogP contribution in [0.15, 0.2) is 0 Å². The van der Waals surface area contributed by atoms with E-state index in [2.05, 4.69) is 18.7 Å². The number of nitrogens with zero attached hydrogens (tertiary/aromatic N) is 1. The van der Waals surface area contributed by atoms with Crippen molar-refractivity contribution in [3.05, 3.63) is 0 Å². The summed E-state index contributed by atoms with van der Waals surface area (Å²) in [5.41, 5.74) is 0. The summed E-state index contributed by atoms with van der Waals surface area (Å²) in [4.78, 5) is 2.54. The van der Waals surface area contributed by atoms with Gasteiger partial charge in [0.15, 0.2) is 0 Å². The molecule has 0 aromatic carbocycles. The van der Waals surface area contributed by atoms with Crippen LogP contribution in [0.25, 0.3) is 0 Å². The monoisotopic (exact) mass is 169 g/mol. The lowest BCUT2D eigenvalue weighted by atomic mass is 9.98. The molecule has 12 heavy (non-hydrogen) atoms. The predicted molar refractivity (Wildman–Crippen MR) is 49.2 cm³/mol. The first-order chi connectivity index (χ1) is 5.77. The normalized spacial score (nSPS) is 37.2. The number of rotatable bonds is 1. The number of hydrogen-bond acceptors (Lipinski definition) is 2. The number of ether oxygens (including phenoxy) is 1. The van der Waals surface area contributed by atoms with Crippen molar-refractivity contribution in [2.75, 3.05) is 19.7 Å². The Kier molecular flexibility index (Phi) is 2.37. The highest BCUT2D eigenvalue weighted by molar-refractivity contribution is 4.88. The van der Waals surface area contributed by atoms with E-state index in [0.29, 0.717) is 12.1 Å². The van der Waals surface area contributed by atoms with Gasteiger partial charge in [-0.3, -0.25) is 4.90 Å². The summed E-state index contributed by atoms with van der Waals surface area (Å²) in [5, 5.41) is 0. The molecule has 70 valence electrons. The van der Waals surface area contributed by atoms with Crippen molar-refractivity contribution in [1.29, 1.82) is 0 Å². The molecule has 0 amide bonds. The Hall–Kier alpha value is -0.0800. The first-order valence-electron chi connectivity index (χ1n) is 5.13. The van der Waals surface area contributed by atoms with Crippen LogP contribution in [-0.2, 0) is 4.74 Å². The molecule has 2 nitrogen and oxygen atoms in total. The Morgan fingerprint density at radius 3 is 2.83 bits per heavy atom. The van der Waals surface area contributed by atoms with Crippen LogP contribution in [0, 0.1) is 5.92 Å². The van der Waals surface area contributed by atoms with Crippen LogP contribution in [0.3, 0.4) is 0 Å². The van der Waals surface area contributed by atoms with Gasteiger partial charge in [-0.2, -0.15) is 0 Å². The van der Waals surface area contributed by atoms with E-state index in [-0.39, 0.29) is 0 Å². The van der Waals surface area contributed by atoms with Gasteiger partial charge in [0.05, 0.1) is 6.10 Å². The fraction of sp³-hybridized carbons (Fsp3) is 1.00. The second-order valence-electron chi connectivity index (χ2n) is 4.36. The Morgan fingerprint density at radius 1 is 1.33 bits per heavy atom. The van der Waals surface area contributed by atoms with Crippen LogP contribution in [0.1, 0.15) is 26.7 Å². The van der Waals surface area contributed by atoms with Crippen molar-refractivity contribution in [2.45, 2.75) is 38.8 Å². The second kappa shape index (κ2) is 3.35. The molecule has 2 fully saturated rings. The maximum atomic E-state index is 5.74. The van der Waals surface area contributed by atoms with Crippen LogP contribution in [0.2, 0.25) is 0 Å². The summed E-state index contributed by atoms with van der Waals surface area (Å²) in [6, 6.07) is 0.694. The highest BCUT2D eigenvalue weighted by Crippen LogP contribution is 2.29. The Labute approximate surface area is 74.9 Å². The summed E-state index contributed by atoms with van der Waals surface area (Å²) in [6.45, 7) is 7.98. The van der Waals surface area contributed by atoms with Gasteiger partial charge >= 0.3 is 0 Å². The first kappa shape index (κ1) is 8.52. The second-order valence-corrected chi connectivity index (χ2v) is 4.36. The molecule has 2 heterocycles. The van der Waals surface area contributed by atoms with Gasteiger partial charge < -0.3 is 4.74 Å². The minimum Gasteiger partial charge on any atom is -0.377 e. The van der Waals surface area contributed by atoms with Crippen molar-refractivity contribution >= 4 is 0 Å². The summed E-state index contributed by atoms with van der Waals surface area (Å²) in [6.07, 6.45) is 3.21. The average Bonchev–Trinajstić information content (AvgIpc) is 2.46. The Morgan fingerprint density at radius 2 is 2.17 bits per heavy atom. The van der Waals surface area contributed by atoms with E-state index in [1.54, 1.807) is 0 Å². The summed E-state index contributed by atoms with van der Waals surface area (Å²) in [5.74, 6) is 0.834. The van der Waals surface area contributed by atoms with Crippen LogP contribution in [0.4, 0.5) is 0 Å². The number of hydrogen-bond donors (Lipinski definition) is 0. The largest absolute Gasteiger partial charge is 0.377 e. The smallest absolute Gasteiger partial charge is 0.0742 e. The molecular weight excluding hydrogens is 150 g/mol. The molecule has 0 saturated carbocycles. The summed E-state index contributed by atoms with van der Waals surface area (Å²) >= 11 is 0. The van der Waals surface area contributed by atoms with Crippen LogP contribution in [-0.4, -0.2) is 36.7 Å². The molecule has 2 rings (SSSR count). The quantitative estimate of drug-likeness (QED) is 0.590. The molecule has 0 aromatic heterocycles. The lowest BCUT2D eigenvalue weighted by Gasteiger charge is -2.24.